The van der Waals surface area contributed by atoms with Crippen molar-refractivity contribution in [3.8, 4) is 0 Å². The number of nitro groups is 1. The van der Waals surface area contributed by atoms with Gasteiger partial charge < -0.3 is 5.32 Å². The van der Waals surface area contributed by atoms with E-state index in [1.807, 2.05) is 24.0 Å². The minimum absolute atomic E-state index is 0.157. The number of aromatic nitrogens is 2. The summed E-state index contributed by atoms with van der Waals surface area (Å²) >= 11 is 0. The van der Waals surface area contributed by atoms with Crippen LogP contribution in [0.25, 0.3) is 0 Å². The average molecular weight is 260 g/mol. The van der Waals surface area contributed by atoms with Crippen LogP contribution in [0.1, 0.15) is 11.1 Å². The van der Waals surface area contributed by atoms with Crippen molar-refractivity contribution in [1.82, 2.24) is 15.1 Å². The molecule has 0 saturated carbocycles. The van der Waals surface area contributed by atoms with Crippen LogP contribution in [-0.2, 0) is 13.1 Å². The van der Waals surface area contributed by atoms with E-state index < -0.39 is 0 Å². The van der Waals surface area contributed by atoms with Crippen molar-refractivity contribution in [3.63, 3.8) is 0 Å². The Balaban J connectivity index is 1.84. The molecule has 0 aliphatic heterocycles. The fourth-order valence-electron chi connectivity index (χ4n) is 1.84. The van der Waals surface area contributed by atoms with Crippen molar-refractivity contribution in [2.24, 2.45) is 0 Å². The van der Waals surface area contributed by atoms with Gasteiger partial charge in [0.2, 0.25) is 0 Å². The lowest BCUT2D eigenvalue weighted by Gasteiger charge is -2.05. The molecule has 1 N–H and O–H groups in total. The summed E-state index contributed by atoms with van der Waals surface area (Å²) in [5.41, 5.74) is 1.98. The van der Waals surface area contributed by atoms with Crippen LogP contribution < -0.4 is 5.32 Å². The van der Waals surface area contributed by atoms with Crippen molar-refractivity contribution in [3.05, 3.63) is 57.9 Å². The Labute approximate surface area is 111 Å². The van der Waals surface area contributed by atoms with Gasteiger partial charge in [-0.2, -0.15) is 5.10 Å². The summed E-state index contributed by atoms with van der Waals surface area (Å²) in [6.07, 6.45) is 3.77. The number of hydrogen-bond acceptors (Lipinski definition) is 4. The van der Waals surface area contributed by atoms with E-state index in [2.05, 4.69) is 10.4 Å². The molecule has 19 heavy (non-hydrogen) atoms. The van der Waals surface area contributed by atoms with E-state index in [1.165, 1.54) is 6.07 Å². The van der Waals surface area contributed by atoms with E-state index in [0.717, 1.165) is 12.1 Å². The summed E-state index contributed by atoms with van der Waals surface area (Å²) in [6.45, 7) is 3.93. The Hall–Kier alpha value is -2.21. The highest BCUT2D eigenvalue weighted by Crippen LogP contribution is 2.16. The molecular weight excluding hydrogens is 244 g/mol. The number of rotatable bonds is 6. The summed E-state index contributed by atoms with van der Waals surface area (Å²) in [5.74, 6) is 0. The molecule has 1 aromatic carbocycles. The van der Waals surface area contributed by atoms with E-state index in [4.69, 9.17) is 0 Å². The highest BCUT2D eigenvalue weighted by Gasteiger charge is 2.11. The van der Waals surface area contributed by atoms with Crippen LogP contribution in [0, 0.1) is 17.0 Å². The number of benzene rings is 1. The van der Waals surface area contributed by atoms with Gasteiger partial charge in [-0.05, 0) is 12.5 Å². The molecule has 0 bridgehead atoms. The molecule has 6 heteroatoms. The van der Waals surface area contributed by atoms with E-state index in [-0.39, 0.29) is 10.6 Å². The Morgan fingerprint density at radius 2 is 2.21 bits per heavy atom. The Bertz CT molecular complexity index is 565. The first-order valence-electron chi connectivity index (χ1n) is 6.09. The molecule has 2 aromatic rings. The highest BCUT2D eigenvalue weighted by molar-refractivity contribution is 5.39. The Morgan fingerprint density at radius 3 is 2.89 bits per heavy atom. The largest absolute Gasteiger partial charge is 0.311 e. The second-order valence-electron chi connectivity index (χ2n) is 4.34. The molecule has 0 aliphatic carbocycles. The summed E-state index contributed by atoms with van der Waals surface area (Å²) < 4.78 is 1.85. The minimum atomic E-state index is -0.353. The molecule has 1 heterocycles. The Kier molecular flexibility index (Phi) is 4.25. The smallest absolute Gasteiger partial charge is 0.273 e. The monoisotopic (exact) mass is 260 g/mol. The maximum atomic E-state index is 10.8. The fraction of sp³-hybridized carbons (Fsp3) is 0.308. The lowest BCUT2D eigenvalue weighted by Crippen LogP contribution is -2.20. The van der Waals surface area contributed by atoms with Gasteiger partial charge in [0.15, 0.2) is 0 Å². The zero-order valence-electron chi connectivity index (χ0n) is 10.7. The van der Waals surface area contributed by atoms with Gasteiger partial charge in [-0.1, -0.05) is 18.2 Å². The van der Waals surface area contributed by atoms with Gasteiger partial charge in [-0.3, -0.25) is 14.8 Å². The highest BCUT2D eigenvalue weighted by atomic mass is 16.6. The van der Waals surface area contributed by atoms with Crippen molar-refractivity contribution in [2.75, 3.05) is 6.54 Å². The zero-order chi connectivity index (χ0) is 13.7. The first kappa shape index (κ1) is 13.2. The predicted octanol–water partition coefficient (Wildman–Crippen LogP) is 1.89. The summed E-state index contributed by atoms with van der Waals surface area (Å²) in [7, 11) is 0. The molecule has 6 nitrogen and oxygen atoms in total. The molecule has 0 unspecified atom stereocenters. The van der Waals surface area contributed by atoms with E-state index in [1.54, 1.807) is 18.2 Å². The van der Waals surface area contributed by atoms with Crippen molar-refractivity contribution < 1.29 is 4.92 Å². The lowest BCUT2D eigenvalue weighted by atomic mass is 10.2. The third kappa shape index (κ3) is 3.62. The van der Waals surface area contributed by atoms with E-state index in [0.29, 0.717) is 18.7 Å². The Morgan fingerprint density at radius 1 is 1.42 bits per heavy atom. The molecule has 2 rings (SSSR count). The number of nitro benzene ring substituents is 1. The number of hydrogen-bond donors (Lipinski definition) is 1. The maximum absolute atomic E-state index is 10.8. The molecule has 0 radical (unpaired) electrons. The van der Waals surface area contributed by atoms with E-state index >= 15 is 0 Å². The number of nitrogens with zero attached hydrogens (tertiary/aromatic N) is 3. The first-order chi connectivity index (χ1) is 9.16. The third-order valence-electron chi connectivity index (χ3n) is 2.78. The second-order valence-corrected chi connectivity index (χ2v) is 4.34. The summed E-state index contributed by atoms with van der Waals surface area (Å²) in [5, 5.41) is 18.2. The van der Waals surface area contributed by atoms with Gasteiger partial charge in [0.05, 0.1) is 17.7 Å². The van der Waals surface area contributed by atoms with Gasteiger partial charge in [0, 0.05) is 30.9 Å². The second kappa shape index (κ2) is 6.10. The van der Waals surface area contributed by atoms with Crippen LogP contribution in [-0.4, -0.2) is 21.2 Å². The molecule has 0 atom stereocenters. The van der Waals surface area contributed by atoms with Gasteiger partial charge in [0.25, 0.3) is 5.69 Å². The fourth-order valence-corrected chi connectivity index (χ4v) is 1.84. The van der Waals surface area contributed by atoms with Gasteiger partial charge in [0.1, 0.15) is 0 Å². The lowest BCUT2D eigenvalue weighted by molar-refractivity contribution is -0.385. The summed E-state index contributed by atoms with van der Waals surface area (Å²) in [6, 6.07) is 6.77. The normalized spacial score (nSPS) is 10.6. The molecule has 0 aliphatic rings. The van der Waals surface area contributed by atoms with Crippen molar-refractivity contribution in [1.29, 1.82) is 0 Å². The van der Waals surface area contributed by atoms with E-state index in [9.17, 15) is 10.1 Å². The first-order valence-corrected chi connectivity index (χ1v) is 6.09. The van der Waals surface area contributed by atoms with Crippen molar-refractivity contribution >= 4 is 5.69 Å². The zero-order valence-corrected chi connectivity index (χ0v) is 10.7. The third-order valence-corrected chi connectivity index (χ3v) is 2.78. The molecule has 0 spiro atoms. The van der Waals surface area contributed by atoms with Crippen LogP contribution in [0.4, 0.5) is 5.69 Å². The molecule has 100 valence electrons. The maximum Gasteiger partial charge on any atom is 0.273 e. The topological polar surface area (TPSA) is 73.0 Å². The van der Waals surface area contributed by atoms with Crippen LogP contribution in [0.2, 0.25) is 0 Å². The molecule has 1 aromatic heterocycles. The van der Waals surface area contributed by atoms with Crippen LogP contribution in [0.3, 0.4) is 0 Å². The quantitative estimate of drug-likeness (QED) is 0.489. The summed E-state index contributed by atoms with van der Waals surface area (Å²) in [4.78, 5) is 10.5. The molecule has 0 amide bonds. The van der Waals surface area contributed by atoms with Crippen LogP contribution >= 0.6 is 0 Å². The number of para-hydroxylation sites is 1. The standard InChI is InChI=1S/C13H16N4O2/c1-11-8-15-16(10-11)7-6-14-9-12-4-2-3-5-13(12)17(18)19/h2-5,8,10,14H,6-7,9H2,1H3. The van der Waals surface area contributed by atoms with Crippen LogP contribution in [0.15, 0.2) is 36.7 Å². The predicted molar refractivity (Wildman–Crippen MR) is 71.8 cm³/mol. The number of nitrogens with one attached hydrogen (secondary N) is 1. The molecule has 0 saturated heterocycles. The van der Waals surface area contributed by atoms with Gasteiger partial charge >= 0.3 is 0 Å². The number of aryl methyl sites for hydroxylation is 1. The molecule has 0 fully saturated rings. The molecular formula is C13H16N4O2. The minimum Gasteiger partial charge on any atom is -0.311 e. The van der Waals surface area contributed by atoms with Crippen molar-refractivity contribution in [2.45, 2.75) is 20.0 Å². The SMILES string of the molecule is Cc1cnn(CCNCc2ccccc2[N+](=O)[O-])c1. The van der Waals surface area contributed by atoms with Gasteiger partial charge in [-0.15, -0.1) is 0 Å². The average Bonchev–Trinajstić information content (AvgIpc) is 2.81. The van der Waals surface area contributed by atoms with Gasteiger partial charge in [-0.25, -0.2) is 0 Å². The van der Waals surface area contributed by atoms with Crippen LogP contribution in [0.5, 0.6) is 0 Å².